The van der Waals surface area contributed by atoms with Crippen molar-refractivity contribution in [2.24, 2.45) is 11.8 Å². The second-order valence-corrected chi connectivity index (χ2v) is 14.5. The van der Waals surface area contributed by atoms with Crippen molar-refractivity contribution in [3.05, 3.63) is 53.7 Å². The monoisotopic (exact) mass is 579 g/mol. The molecule has 1 amide bonds. The van der Waals surface area contributed by atoms with Crippen molar-refractivity contribution in [3.8, 4) is 11.3 Å². The number of carboxylic acid groups (broad SMARTS) is 1. The van der Waals surface area contributed by atoms with E-state index in [0.717, 1.165) is 41.7 Å². The topological polar surface area (TPSA) is 118 Å². The number of nitrogens with zero attached hydrogens (tertiary/aromatic N) is 1. The van der Waals surface area contributed by atoms with E-state index in [4.69, 9.17) is 0 Å². The number of carboxylic acids is 1. The first-order valence-electron chi connectivity index (χ1n) is 14.6. The van der Waals surface area contributed by atoms with Crippen LogP contribution in [0.2, 0.25) is 0 Å². The highest BCUT2D eigenvalue weighted by atomic mass is 32.2. The first kappa shape index (κ1) is 29.3. The average Bonchev–Trinajstić information content (AvgIpc) is 3.19. The van der Waals surface area contributed by atoms with Gasteiger partial charge in [0, 0.05) is 40.5 Å². The van der Waals surface area contributed by atoms with E-state index in [1.807, 2.05) is 64.1 Å². The summed E-state index contributed by atoms with van der Waals surface area (Å²) in [4.78, 5) is 24.9. The molecular weight excluding hydrogens is 538 g/mol. The van der Waals surface area contributed by atoms with Crippen LogP contribution < -0.4 is 10.0 Å². The molecular formula is C32H41N3O5S. The Balaban J connectivity index is 1.57. The molecule has 0 unspecified atom stereocenters. The summed E-state index contributed by atoms with van der Waals surface area (Å²) < 4.78 is 31.8. The van der Waals surface area contributed by atoms with Gasteiger partial charge < -0.3 is 15.0 Å². The molecule has 0 atom stereocenters. The summed E-state index contributed by atoms with van der Waals surface area (Å²) in [6.45, 7) is 8.22. The molecule has 0 aliphatic heterocycles. The van der Waals surface area contributed by atoms with Gasteiger partial charge in [0.25, 0.3) is 5.91 Å². The third-order valence-electron chi connectivity index (χ3n) is 8.49. The lowest BCUT2D eigenvalue weighted by Gasteiger charge is -2.32. The number of sulfonamides is 1. The van der Waals surface area contributed by atoms with Gasteiger partial charge in [0.05, 0.1) is 16.4 Å². The molecule has 0 spiro atoms. The summed E-state index contributed by atoms with van der Waals surface area (Å²) in [5.74, 6) is -0.906. The van der Waals surface area contributed by atoms with Gasteiger partial charge in [-0.2, -0.15) is 0 Å². The van der Waals surface area contributed by atoms with Gasteiger partial charge in [0.2, 0.25) is 10.0 Å². The zero-order chi connectivity index (χ0) is 29.5. The van der Waals surface area contributed by atoms with E-state index >= 15 is 0 Å². The van der Waals surface area contributed by atoms with Crippen LogP contribution in [0.15, 0.2) is 47.4 Å². The highest BCUT2D eigenvalue weighted by molar-refractivity contribution is 7.89. The number of aliphatic carboxylic acids is 1. The Hall–Kier alpha value is -3.17. The number of fused-ring (bicyclic) bond motifs is 1. The second-order valence-electron chi connectivity index (χ2n) is 12.8. The molecule has 0 radical (unpaired) electrons. The zero-order valence-electron chi connectivity index (χ0n) is 24.4. The van der Waals surface area contributed by atoms with Gasteiger partial charge in [-0.3, -0.25) is 9.59 Å². The lowest BCUT2D eigenvalue weighted by molar-refractivity contribution is -0.145. The molecule has 5 rings (SSSR count). The van der Waals surface area contributed by atoms with E-state index < -0.39 is 27.4 Å². The van der Waals surface area contributed by atoms with Crippen LogP contribution >= 0.6 is 0 Å². The predicted octanol–water partition coefficient (Wildman–Crippen LogP) is 5.87. The van der Waals surface area contributed by atoms with Crippen LogP contribution in [0.5, 0.6) is 0 Å². The molecule has 1 heterocycles. The molecule has 220 valence electrons. The smallest absolute Gasteiger partial charge is 0.306 e. The first-order chi connectivity index (χ1) is 19.3. The van der Waals surface area contributed by atoms with E-state index in [1.165, 1.54) is 19.3 Å². The van der Waals surface area contributed by atoms with E-state index in [1.54, 1.807) is 6.07 Å². The van der Waals surface area contributed by atoms with Gasteiger partial charge >= 0.3 is 5.97 Å². The molecule has 2 aliphatic carbocycles. The Labute approximate surface area is 242 Å². The minimum absolute atomic E-state index is 0.145. The molecule has 8 nitrogen and oxygen atoms in total. The predicted molar refractivity (Wildman–Crippen MR) is 160 cm³/mol. The van der Waals surface area contributed by atoms with Crippen LogP contribution in [0.25, 0.3) is 22.0 Å². The lowest BCUT2D eigenvalue weighted by atomic mass is 9.80. The Morgan fingerprint density at radius 2 is 1.66 bits per heavy atom. The number of carbonyl (C=O) groups is 2. The molecule has 2 aromatic carbocycles. The van der Waals surface area contributed by atoms with Crippen molar-refractivity contribution < 1.29 is 23.1 Å². The number of amides is 1. The Morgan fingerprint density at radius 3 is 2.29 bits per heavy atom. The maximum absolute atomic E-state index is 13.5. The fourth-order valence-electron chi connectivity index (χ4n) is 6.35. The number of rotatable bonds is 8. The Kier molecular flexibility index (Phi) is 8.05. The number of hydrogen-bond donors (Lipinski definition) is 3. The molecule has 3 N–H and O–H groups in total. The summed E-state index contributed by atoms with van der Waals surface area (Å²) in [5.41, 5.74) is 2.58. The van der Waals surface area contributed by atoms with Gasteiger partial charge in [-0.1, -0.05) is 49.6 Å². The van der Waals surface area contributed by atoms with Gasteiger partial charge in [0.15, 0.2) is 0 Å². The van der Waals surface area contributed by atoms with E-state index in [2.05, 4.69) is 14.6 Å². The van der Waals surface area contributed by atoms with Crippen LogP contribution in [-0.2, 0) is 21.4 Å². The van der Waals surface area contributed by atoms with Crippen LogP contribution in [0, 0.1) is 18.8 Å². The summed E-state index contributed by atoms with van der Waals surface area (Å²) in [6, 6.07) is 12.8. The molecule has 41 heavy (non-hydrogen) atoms. The number of hydrogen-bond acceptors (Lipinski definition) is 4. The quantitative estimate of drug-likeness (QED) is 0.309. The molecule has 2 fully saturated rings. The van der Waals surface area contributed by atoms with Crippen molar-refractivity contribution in [1.82, 2.24) is 14.6 Å². The van der Waals surface area contributed by atoms with Crippen LogP contribution in [0.3, 0.4) is 0 Å². The third kappa shape index (κ3) is 6.21. The van der Waals surface area contributed by atoms with Gasteiger partial charge in [0.1, 0.15) is 0 Å². The number of aromatic nitrogens is 1. The Morgan fingerprint density at radius 1 is 1.00 bits per heavy atom. The largest absolute Gasteiger partial charge is 0.481 e. The standard InChI is InChI=1S/C32H41N3O5S/c1-20-27(30(36)33-23-16-22(17-23)31(37)38)18-28(35(20)19-21-10-6-5-7-11-21)25-14-15-29(26-13-9-8-12-24(25)26)41(39,40)34-32(2,3)4/h8-9,12-15,18,21-23,34H,5-7,10-11,16-17,19H2,1-4H3,(H,33,36)(H,37,38). The fourth-order valence-corrected chi connectivity index (χ4v) is 7.98. The highest BCUT2D eigenvalue weighted by Crippen LogP contribution is 2.37. The number of nitrogens with one attached hydrogen (secondary N) is 2. The van der Waals surface area contributed by atoms with Gasteiger partial charge in [-0.05, 0) is 76.8 Å². The molecule has 0 saturated heterocycles. The van der Waals surface area contributed by atoms with Crippen LogP contribution in [-0.4, -0.2) is 41.5 Å². The van der Waals surface area contributed by atoms with E-state index in [9.17, 15) is 23.1 Å². The maximum atomic E-state index is 13.5. The van der Waals surface area contributed by atoms with Gasteiger partial charge in [-0.15, -0.1) is 0 Å². The SMILES string of the molecule is Cc1c(C(=O)NC2CC(C(=O)O)C2)cc(-c2ccc(S(=O)(=O)NC(C)(C)C)c3ccccc23)n1CC1CCCCC1. The summed E-state index contributed by atoms with van der Waals surface area (Å²) in [7, 11) is -3.78. The molecule has 1 aromatic heterocycles. The van der Waals surface area contributed by atoms with Crippen LogP contribution in [0.4, 0.5) is 0 Å². The van der Waals surface area contributed by atoms with E-state index in [0.29, 0.717) is 29.7 Å². The van der Waals surface area contributed by atoms with E-state index in [-0.39, 0.29) is 16.8 Å². The minimum atomic E-state index is -3.78. The third-order valence-corrected chi connectivity index (χ3v) is 10.3. The molecule has 9 heteroatoms. The molecule has 0 bridgehead atoms. The number of carbonyl (C=O) groups excluding carboxylic acids is 1. The minimum Gasteiger partial charge on any atom is -0.481 e. The maximum Gasteiger partial charge on any atom is 0.306 e. The highest BCUT2D eigenvalue weighted by Gasteiger charge is 2.36. The lowest BCUT2D eigenvalue weighted by Crippen LogP contribution is -2.46. The molecule has 3 aromatic rings. The van der Waals surface area contributed by atoms with Gasteiger partial charge in [-0.25, -0.2) is 13.1 Å². The Bertz CT molecular complexity index is 1570. The summed E-state index contributed by atoms with van der Waals surface area (Å²) >= 11 is 0. The fraction of sp³-hybridized carbons (Fsp3) is 0.500. The van der Waals surface area contributed by atoms with Crippen molar-refractivity contribution in [3.63, 3.8) is 0 Å². The van der Waals surface area contributed by atoms with Crippen LogP contribution in [0.1, 0.15) is 81.8 Å². The first-order valence-corrected chi connectivity index (χ1v) is 16.1. The summed E-state index contributed by atoms with van der Waals surface area (Å²) in [6.07, 6.45) is 6.84. The number of benzene rings is 2. The van der Waals surface area contributed by atoms with Crippen molar-refractivity contribution in [2.75, 3.05) is 0 Å². The molecule has 2 aliphatic rings. The normalized spacial score (nSPS) is 20.1. The zero-order valence-corrected chi connectivity index (χ0v) is 25.2. The second kappa shape index (κ2) is 11.2. The van der Waals surface area contributed by atoms with Crippen molar-refractivity contribution in [2.45, 2.75) is 95.7 Å². The van der Waals surface area contributed by atoms with Crippen molar-refractivity contribution in [1.29, 1.82) is 0 Å². The summed E-state index contributed by atoms with van der Waals surface area (Å²) in [5, 5.41) is 13.7. The average molecular weight is 580 g/mol. The molecule has 2 saturated carbocycles. The van der Waals surface area contributed by atoms with Crippen molar-refractivity contribution >= 4 is 32.7 Å².